The Bertz CT molecular complexity index is 4620. The van der Waals surface area contributed by atoms with Crippen molar-refractivity contribution in [3.05, 3.63) is 261 Å². The largest absolute Gasteiger partial charge is 0.508 e. The molecule has 3 aliphatic heterocycles. The zero-order valence-electron chi connectivity index (χ0n) is 50.3. The summed E-state index contributed by atoms with van der Waals surface area (Å²) < 4.78 is 21.3. The van der Waals surface area contributed by atoms with E-state index in [2.05, 4.69) is 0 Å². The van der Waals surface area contributed by atoms with E-state index >= 15 is 9.59 Å². The first-order chi connectivity index (χ1) is 46.0. The molecule has 488 valence electrons. The van der Waals surface area contributed by atoms with Crippen molar-refractivity contribution in [2.45, 2.75) is 54.9 Å². The summed E-state index contributed by atoms with van der Waals surface area (Å²) in [6.45, 7) is 0. The van der Waals surface area contributed by atoms with Crippen LogP contribution in [0.1, 0.15) is 119 Å². The van der Waals surface area contributed by atoms with Gasteiger partial charge in [0.2, 0.25) is 0 Å². The van der Waals surface area contributed by atoms with Gasteiger partial charge in [0.1, 0.15) is 98.1 Å². The van der Waals surface area contributed by atoms with Gasteiger partial charge < -0.3 is 95.9 Å². The number of ketones is 2. The second-order valence-electron chi connectivity index (χ2n) is 24.3. The van der Waals surface area contributed by atoms with Crippen LogP contribution in [0, 0.1) is 23.7 Å². The van der Waals surface area contributed by atoms with Crippen LogP contribution in [0.25, 0.3) is 0 Å². The summed E-state index contributed by atoms with van der Waals surface area (Å²) in [4.78, 5) is 32.4. The molecule has 12 unspecified atom stereocenters. The minimum absolute atomic E-state index is 0.0537. The SMILES string of the molecule is O=C(c1ccc(O)cc1O)C1C(c2ccc(O)cc2)OC(c2ccc(O)cc2O)C1C(c1ccc(O)cc1)c1c(O)c2c(c(C(c3ccc(O)cc3)C3C(c4ccc(O)cc4O)OC(c4ccc(O)cc4)C3C(=O)c3ccc(O)cc3O)c1O)OC(c1ccc(O)cc1)C(O)C2. The van der Waals surface area contributed by atoms with E-state index in [0.29, 0.717) is 0 Å². The molecule has 10 aromatic carbocycles. The Hall–Kier alpha value is -11.8. The van der Waals surface area contributed by atoms with Crippen LogP contribution in [0.2, 0.25) is 0 Å². The molecule has 3 aliphatic rings. The highest BCUT2D eigenvalue weighted by molar-refractivity contribution is 6.02. The molecule has 10 aromatic rings. The monoisotopic (exact) mass is 1300 g/mol. The smallest absolute Gasteiger partial charge is 0.173 e. The number of fused-ring (bicyclic) bond motifs is 1. The number of ether oxygens (including phenoxy) is 3. The maximum Gasteiger partial charge on any atom is 0.173 e. The van der Waals surface area contributed by atoms with Gasteiger partial charge in [0.25, 0.3) is 0 Å². The summed E-state index contributed by atoms with van der Waals surface area (Å²) in [6.07, 6.45) is -9.56. The first kappa shape index (κ1) is 63.0. The maximum absolute atomic E-state index is 16.3. The molecule has 96 heavy (non-hydrogen) atoms. The lowest BCUT2D eigenvalue weighted by Gasteiger charge is -2.40. The van der Waals surface area contributed by atoms with E-state index in [9.17, 15) is 81.7 Å². The molecular weight excluding hydrogens is 1240 g/mol. The van der Waals surface area contributed by atoms with Crippen LogP contribution in [0.4, 0.5) is 0 Å². The number of carbonyl (C=O) groups excluding carboxylic acids is 2. The zero-order chi connectivity index (χ0) is 67.7. The topological polar surface area (TPSA) is 386 Å². The molecule has 21 heteroatoms. The van der Waals surface area contributed by atoms with Crippen molar-refractivity contribution in [2.75, 3.05) is 0 Å². The van der Waals surface area contributed by atoms with Crippen LogP contribution >= 0.6 is 0 Å². The van der Waals surface area contributed by atoms with Gasteiger partial charge in [-0.1, -0.05) is 60.7 Å². The Morgan fingerprint density at radius 3 is 1.03 bits per heavy atom. The lowest BCUT2D eigenvalue weighted by atomic mass is 9.64. The van der Waals surface area contributed by atoms with Crippen LogP contribution in [0.3, 0.4) is 0 Å². The van der Waals surface area contributed by atoms with Gasteiger partial charge in [0.15, 0.2) is 11.6 Å². The zero-order valence-corrected chi connectivity index (χ0v) is 50.3. The molecule has 0 bridgehead atoms. The summed E-state index contributed by atoms with van der Waals surface area (Å²) in [5.41, 5.74) is -0.756. The number of Topliss-reactive ketones (excluding diaryl/α,β-unsaturated/α-hetero) is 2. The quantitative estimate of drug-likeness (QED) is 0.0424. The minimum Gasteiger partial charge on any atom is -0.508 e. The van der Waals surface area contributed by atoms with Crippen LogP contribution < -0.4 is 4.74 Å². The third kappa shape index (κ3) is 11.4. The number of aromatic hydroxyl groups is 15. The van der Waals surface area contributed by atoms with Crippen LogP contribution in [0.15, 0.2) is 194 Å². The first-order valence-electron chi connectivity index (χ1n) is 30.4. The molecule has 2 saturated heterocycles. The lowest BCUT2D eigenvalue weighted by molar-refractivity contribution is 0.0168. The molecule has 0 spiro atoms. The van der Waals surface area contributed by atoms with Crippen LogP contribution in [-0.2, 0) is 15.9 Å². The van der Waals surface area contributed by atoms with Gasteiger partial charge in [-0.25, -0.2) is 0 Å². The van der Waals surface area contributed by atoms with Gasteiger partial charge in [-0.05, 0) is 137 Å². The normalized spacial score (nSPS) is 22.0. The number of phenols is 15. The molecule has 13 rings (SSSR count). The van der Waals surface area contributed by atoms with Crippen molar-refractivity contribution in [2.24, 2.45) is 23.7 Å². The second-order valence-corrected chi connectivity index (χ2v) is 24.3. The Kier molecular flexibility index (Phi) is 16.4. The molecule has 0 amide bonds. The average Bonchev–Trinajstić information content (AvgIpc) is 1.49. The predicted molar refractivity (Wildman–Crippen MR) is 342 cm³/mol. The van der Waals surface area contributed by atoms with Gasteiger partial charge in [0.05, 0.1) is 53.5 Å². The van der Waals surface area contributed by atoms with Gasteiger partial charge in [-0.2, -0.15) is 0 Å². The Labute approximate surface area is 546 Å². The van der Waals surface area contributed by atoms with E-state index in [1.807, 2.05) is 0 Å². The van der Waals surface area contributed by atoms with Gasteiger partial charge in [0, 0.05) is 82.2 Å². The number of aliphatic hydroxyl groups is 1. The van der Waals surface area contributed by atoms with Crippen molar-refractivity contribution < 1.29 is 106 Å². The van der Waals surface area contributed by atoms with E-state index < -0.39 is 147 Å². The van der Waals surface area contributed by atoms with Crippen LogP contribution in [0.5, 0.6) is 92.0 Å². The molecule has 0 aliphatic carbocycles. The number of phenolic OH excluding ortho intramolecular Hbond substituents is 15. The average molecular weight is 1300 g/mol. The first-order valence-corrected chi connectivity index (χ1v) is 30.4. The van der Waals surface area contributed by atoms with Crippen molar-refractivity contribution in [3.8, 4) is 92.0 Å². The fraction of sp³-hybridized carbons (Fsp3) is 0.173. The number of hydrogen-bond donors (Lipinski definition) is 16. The van der Waals surface area contributed by atoms with Crippen molar-refractivity contribution >= 4 is 11.6 Å². The molecule has 12 atom stereocenters. The Morgan fingerprint density at radius 2 is 0.667 bits per heavy atom. The standard InChI is InChI=1S/C75H62O21/c76-39-11-1-34(2-12-39)58(60-64(66(90)48-25-21-44(81)29-53(48)85)71(37-7-17-42(79)18-8-37)95-73(60)50-27-23-46(83)31-55(50)87)62-68(92)52-33-57(89)70(36-5-15-41(78)16-6-36)94-75(52)63(69(62)93)59(35-3-13-40(77)14-4-35)61-65(67(91)49-26-22-45(82)30-54(49)86)72(38-9-19-43(80)20-10-38)96-74(61)51-28-24-47(84)32-56(51)88/h1-32,57-61,64-65,70-74,76-89,92-93H,33H2. The molecule has 0 saturated carbocycles. The highest BCUT2D eigenvalue weighted by Gasteiger charge is 2.59. The molecule has 0 aromatic heterocycles. The molecular formula is C75H62O21. The minimum atomic E-state index is -1.69. The van der Waals surface area contributed by atoms with Crippen molar-refractivity contribution in [1.29, 1.82) is 0 Å². The summed E-state index contributed by atoms with van der Waals surface area (Å²) in [5, 5.41) is 186. The van der Waals surface area contributed by atoms with Crippen molar-refractivity contribution in [3.63, 3.8) is 0 Å². The molecule has 3 heterocycles. The fourth-order valence-electron chi connectivity index (χ4n) is 14.4. The Morgan fingerprint density at radius 1 is 0.344 bits per heavy atom. The molecule has 16 N–H and O–H groups in total. The number of aliphatic hydroxyl groups excluding tert-OH is 1. The lowest BCUT2D eigenvalue weighted by Crippen LogP contribution is -2.35. The van der Waals surface area contributed by atoms with Crippen LogP contribution in [-0.4, -0.2) is 99.4 Å². The van der Waals surface area contributed by atoms with Gasteiger partial charge >= 0.3 is 0 Å². The summed E-state index contributed by atoms with van der Waals surface area (Å²) in [5.74, 6) is -18.6. The number of rotatable bonds is 15. The number of hydrogen-bond acceptors (Lipinski definition) is 21. The molecule has 21 nitrogen and oxygen atoms in total. The third-order valence-corrected chi connectivity index (χ3v) is 18.6. The number of benzene rings is 10. The molecule has 0 radical (unpaired) electrons. The highest BCUT2D eigenvalue weighted by Crippen LogP contribution is 2.67. The third-order valence-electron chi connectivity index (χ3n) is 18.6. The van der Waals surface area contributed by atoms with E-state index in [4.69, 9.17) is 14.2 Å². The number of carbonyl (C=O) groups is 2. The predicted octanol–water partition coefficient (Wildman–Crippen LogP) is 11.8. The van der Waals surface area contributed by atoms with Gasteiger partial charge in [-0.15, -0.1) is 0 Å². The highest BCUT2D eigenvalue weighted by atomic mass is 16.5. The summed E-state index contributed by atoms with van der Waals surface area (Å²) >= 11 is 0. The maximum atomic E-state index is 16.3. The van der Waals surface area contributed by atoms with Crippen molar-refractivity contribution in [1.82, 2.24) is 0 Å². The summed E-state index contributed by atoms with van der Waals surface area (Å²) in [7, 11) is 0. The summed E-state index contributed by atoms with van der Waals surface area (Å²) in [6, 6.07) is 41.6. The van der Waals surface area contributed by atoms with E-state index in [-0.39, 0.29) is 101 Å². The van der Waals surface area contributed by atoms with Gasteiger partial charge in [-0.3, -0.25) is 9.59 Å². The molecule has 2 fully saturated rings. The van der Waals surface area contributed by atoms with E-state index in [1.165, 1.54) is 164 Å². The van der Waals surface area contributed by atoms with E-state index in [0.717, 1.165) is 30.3 Å². The van der Waals surface area contributed by atoms with E-state index in [1.54, 1.807) is 0 Å². The Balaban J connectivity index is 1.18. The fourth-order valence-corrected chi connectivity index (χ4v) is 14.4. The second kappa shape index (κ2) is 24.9.